The van der Waals surface area contributed by atoms with Gasteiger partial charge in [0.05, 0.1) is 42.3 Å². The van der Waals surface area contributed by atoms with E-state index in [1.54, 1.807) is 30.2 Å². The lowest BCUT2D eigenvalue weighted by atomic mass is 9.99. The van der Waals surface area contributed by atoms with E-state index in [1.807, 2.05) is 72.8 Å². The molecule has 0 fully saturated rings. The Hall–Kier alpha value is -5.16. The molecule has 0 saturated heterocycles. The van der Waals surface area contributed by atoms with Gasteiger partial charge in [-0.15, -0.1) is 11.8 Å². The number of aromatic nitrogens is 2. The summed E-state index contributed by atoms with van der Waals surface area (Å²) in [6.07, 6.45) is 1.55. The van der Waals surface area contributed by atoms with Crippen molar-refractivity contribution in [2.24, 2.45) is 0 Å². The van der Waals surface area contributed by atoms with Crippen LogP contribution < -0.4 is 24.4 Å². The van der Waals surface area contributed by atoms with Gasteiger partial charge in [0.15, 0.2) is 11.5 Å². The Kier molecular flexibility index (Phi) is 7.45. The van der Waals surface area contributed by atoms with Crippen molar-refractivity contribution in [2.45, 2.75) is 11.8 Å². The van der Waals surface area contributed by atoms with Crippen LogP contribution in [0, 0.1) is 0 Å². The van der Waals surface area contributed by atoms with Crippen molar-refractivity contribution in [2.75, 3.05) is 31.1 Å². The molecule has 1 unspecified atom stereocenters. The topological polar surface area (TPSA) is 108 Å². The molecule has 0 bridgehead atoms. The standard InChI is InChI=1S/C33H28N4O6S/c1-40-24-12-10-23(11-13-24)37-33-30(31(35-37)21-6-3-2-4-7-21)32(22-9-14-26-27(16-22)43-20-42-26)44-19-29(39)36(33)18-28(38)34-17-25-8-5-15-41-25/h2-16,32H,17-20H2,1H3,(H,34,38). The van der Waals surface area contributed by atoms with Crippen LogP contribution in [0.2, 0.25) is 0 Å². The van der Waals surface area contributed by atoms with Gasteiger partial charge < -0.3 is 23.9 Å². The highest BCUT2D eigenvalue weighted by Gasteiger charge is 2.38. The van der Waals surface area contributed by atoms with Crippen molar-refractivity contribution in [1.29, 1.82) is 0 Å². The van der Waals surface area contributed by atoms with Crippen LogP contribution in [0.25, 0.3) is 16.9 Å². The van der Waals surface area contributed by atoms with E-state index in [4.69, 9.17) is 23.7 Å². The number of hydrogen-bond donors (Lipinski definition) is 1. The van der Waals surface area contributed by atoms with Gasteiger partial charge in [-0.3, -0.25) is 14.5 Å². The molecular formula is C33H28N4O6S. The lowest BCUT2D eigenvalue weighted by Crippen LogP contribution is -2.42. The Morgan fingerprint density at radius 3 is 2.61 bits per heavy atom. The minimum Gasteiger partial charge on any atom is -0.497 e. The number of carbonyl (C=O) groups is 2. The molecule has 2 amide bonds. The van der Waals surface area contributed by atoms with Crippen molar-refractivity contribution in [1.82, 2.24) is 15.1 Å². The van der Waals surface area contributed by atoms with Crippen molar-refractivity contribution in [3.63, 3.8) is 0 Å². The maximum atomic E-state index is 13.9. The minimum atomic E-state index is -0.323. The van der Waals surface area contributed by atoms with E-state index in [1.165, 1.54) is 16.7 Å². The molecule has 0 aliphatic carbocycles. The van der Waals surface area contributed by atoms with Gasteiger partial charge in [0.1, 0.15) is 23.9 Å². The van der Waals surface area contributed by atoms with Gasteiger partial charge in [-0.1, -0.05) is 36.4 Å². The number of fused-ring (bicyclic) bond motifs is 2. The third kappa shape index (κ3) is 5.26. The first-order valence-electron chi connectivity index (χ1n) is 14.0. The molecule has 7 rings (SSSR count). The van der Waals surface area contributed by atoms with E-state index in [2.05, 4.69) is 5.32 Å². The van der Waals surface area contributed by atoms with Crippen LogP contribution in [0.15, 0.2) is 95.6 Å². The highest BCUT2D eigenvalue weighted by Crippen LogP contribution is 2.50. The summed E-state index contributed by atoms with van der Waals surface area (Å²) in [5.74, 6) is 2.78. The summed E-state index contributed by atoms with van der Waals surface area (Å²) in [5.41, 5.74) is 4.07. The Morgan fingerprint density at radius 1 is 1.02 bits per heavy atom. The highest BCUT2D eigenvalue weighted by molar-refractivity contribution is 8.00. The van der Waals surface area contributed by atoms with Crippen LogP contribution in [0.1, 0.15) is 22.1 Å². The minimum absolute atomic E-state index is 0.149. The summed E-state index contributed by atoms with van der Waals surface area (Å²) >= 11 is 1.49. The Bertz CT molecular complexity index is 1800. The molecule has 5 aromatic rings. The maximum absolute atomic E-state index is 13.9. The molecule has 11 heteroatoms. The number of thioether (sulfide) groups is 1. The fourth-order valence-electron chi connectivity index (χ4n) is 5.37. The quantitative estimate of drug-likeness (QED) is 0.251. The number of carbonyl (C=O) groups excluding carboxylic acids is 2. The van der Waals surface area contributed by atoms with Crippen LogP contribution in [0.3, 0.4) is 0 Å². The fraction of sp³-hybridized carbons (Fsp3) is 0.182. The lowest BCUT2D eigenvalue weighted by Gasteiger charge is -2.23. The third-order valence-electron chi connectivity index (χ3n) is 7.49. The van der Waals surface area contributed by atoms with E-state index in [0.717, 1.165) is 22.4 Å². The number of rotatable bonds is 8. The summed E-state index contributed by atoms with van der Waals surface area (Å²) in [4.78, 5) is 28.8. The second kappa shape index (κ2) is 11.8. The number of hydrogen-bond acceptors (Lipinski definition) is 8. The third-order valence-corrected chi connectivity index (χ3v) is 8.75. The van der Waals surface area contributed by atoms with Gasteiger partial charge in [-0.2, -0.15) is 5.10 Å². The Labute approximate surface area is 257 Å². The van der Waals surface area contributed by atoms with Gasteiger partial charge in [-0.05, 0) is 54.1 Å². The zero-order chi connectivity index (χ0) is 30.0. The summed E-state index contributed by atoms with van der Waals surface area (Å²) in [7, 11) is 1.61. The average Bonchev–Trinajstić information content (AvgIpc) is 3.82. The average molecular weight is 609 g/mol. The molecule has 10 nitrogen and oxygen atoms in total. The van der Waals surface area contributed by atoms with Crippen LogP contribution in [-0.2, 0) is 16.1 Å². The monoisotopic (exact) mass is 608 g/mol. The van der Waals surface area contributed by atoms with Crippen molar-refractivity contribution in [3.8, 4) is 34.2 Å². The van der Waals surface area contributed by atoms with E-state index >= 15 is 0 Å². The zero-order valence-electron chi connectivity index (χ0n) is 23.8. The fourth-order valence-corrected chi connectivity index (χ4v) is 6.56. The SMILES string of the molecule is COc1ccc(-n2nc(-c3ccccc3)c3c2N(CC(=O)NCc2ccco2)C(=O)CSC3c2ccc3c(c2)OCO3)cc1. The number of benzene rings is 3. The number of ether oxygens (including phenoxy) is 3. The number of methoxy groups -OCH3 is 1. The number of furan rings is 1. The predicted octanol–water partition coefficient (Wildman–Crippen LogP) is 5.36. The molecule has 222 valence electrons. The molecule has 3 aromatic carbocycles. The van der Waals surface area contributed by atoms with Gasteiger partial charge in [0.2, 0.25) is 18.6 Å². The summed E-state index contributed by atoms with van der Waals surface area (Å²) < 4.78 is 23.8. The lowest BCUT2D eigenvalue weighted by molar-refractivity contribution is -0.123. The van der Waals surface area contributed by atoms with Gasteiger partial charge in [0, 0.05) is 11.1 Å². The molecule has 1 atom stereocenters. The van der Waals surface area contributed by atoms with E-state index in [0.29, 0.717) is 34.5 Å². The molecule has 2 aromatic heterocycles. The molecule has 4 heterocycles. The first kappa shape index (κ1) is 27.7. The molecule has 44 heavy (non-hydrogen) atoms. The molecule has 1 N–H and O–H groups in total. The molecule has 2 aliphatic rings. The van der Waals surface area contributed by atoms with Crippen LogP contribution in [0.4, 0.5) is 5.82 Å². The van der Waals surface area contributed by atoms with Gasteiger partial charge in [-0.25, -0.2) is 4.68 Å². The first-order chi connectivity index (χ1) is 21.6. The van der Waals surface area contributed by atoms with Crippen molar-refractivity contribution < 1.29 is 28.2 Å². The number of nitrogens with zero attached hydrogens (tertiary/aromatic N) is 3. The van der Waals surface area contributed by atoms with E-state index in [9.17, 15) is 9.59 Å². The second-order valence-corrected chi connectivity index (χ2v) is 11.3. The summed E-state index contributed by atoms with van der Waals surface area (Å²) in [6, 6.07) is 26.7. The first-order valence-corrected chi connectivity index (χ1v) is 15.1. The van der Waals surface area contributed by atoms with E-state index < -0.39 is 0 Å². The molecule has 0 spiro atoms. The number of nitrogens with one attached hydrogen (secondary N) is 1. The van der Waals surface area contributed by atoms with Crippen LogP contribution in [-0.4, -0.2) is 47.8 Å². The van der Waals surface area contributed by atoms with Gasteiger partial charge >= 0.3 is 0 Å². The Morgan fingerprint density at radius 2 is 1.84 bits per heavy atom. The molecule has 0 saturated carbocycles. The summed E-state index contributed by atoms with van der Waals surface area (Å²) in [5, 5.41) is 7.70. The van der Waals surface area contributed by atoms with E-state index in [-0.39, 0.29) is 42.7 Å². The molecular weight excluding hydrogens is 580 g/mol. The summed E-state index contributed by atoms with van der Waals surface area (Å²) in [6.45, 7) is 0.172. The second-order valence-electron chi connectivity index (χ2n) is 10.2. The normalized spacial score (nSPS) is 15.5. The smallest absolute Gasteiger partial charge is 0.240 e. The van der Waals surface area contributed by atoms with Crippen LogP contribution in [0.5, 0.6) is 17.2 Å². The number of anilines is 1. The predicted molar refractivity (Wildman–Crippen MR) is 165 cm³/mol. The maximum Gasteiger partial charge on any atom is 0.240 e. The van der Waals surface area contributed by atoms with Gasteiger partial charge in [0.25, 0.3) is 0 Å². The van der Waals surface area contributed by atoms with Crippen molar-refractivity contribution >= 4 is 29.4 Å². The zero-order valence-corrected chi connectivity index (χ0v) is 24.6. The molecule has 2 aliphatic heterocycles. The number of amides is 2. The highest BCUT2D eigenvalue weighted by atomic mass is 32.2. The Balaban J connectivity index is 1.40. The van der Waals surface area contributed by atoms with Crippen molar-refractivity contribution in [3.05, 3.63) is 108 Å². The molecule has 0 radical (unpaired) electrons. The van der Waals surface area contributed by atoms with Crippen LogP contribution >= 0.6 is 11.8 Å². The largest absolute Gasteiger partial charge is 0.497 e.